The minimum absolute atomic E-state index is 0.0503. The summed E-state index contributed by atoms with van der Waals surface area (Å²) in [5, 5.41) is 20.4. The number of nitro benzene ring substituents is 1. The first kappa shape index (κ1) is 13.8. The number of phenols is 1. The van der Waals surface area contributed by atoms with Gasteiger partial charge >= 0.3 is 0 Å². The van der Waals surface area contributed by atoms with Crippen LogP contribution in [0, 0.1) is 10.1 Å². The summed E-state index contributed by atoms with van der Waals surface area (Å²) in [6.07, 6.45) is 0. The second kappa shape index (κ2) is 5.17. The summed E-state index contributed by atoms with van der Waals surface area (Å²) in [6, 6.07) is 10.7. The number of aromatic hydroxyl groups is 1. The Morgan fingerprint density at radius 2 is 1.65 bits per heavy atom. The summed E-state index contributed by atoms with van der Waals surface area (Å²) in [6.45, 7) is 0. The normalized spacial score (nSPS) is 11.0. The van der Waals surface area contributed by atoms with Crippen LogP contribution in [-0.4, -0.2) is 18.4 Å². The average Bonchev–Trinajstić information content (AvgIpc) is 2.41. The van der Waals surface area contributed by atoms with E-state index in [1.54, 1.807) is 0 Å². The molecule has 0 atom stereocenters. The van der Waals surface area contributed by atoms with Crippen LogP contribution in [0.1, 0.15) is 0 Å². The number of para-hydroxylation sites is 3. The Morgan fingerprint density at radius 1 is 1.05 bits per heavy atom. The fourth-order valence-corrected chi connectivity index (χ4v) is 2.84. The van der Waals surface area contributed by atoms with Crippen LogP contribution in [0.2, 0.25) is 0 Å². The molecule has 0 saturated carbocycles. The van der Waals surface area contributed by atoms with Gasteiger partial charge in [0, 0.05) is 6.07 Å². The maximum atomic E-state index is 12.2. The minimum atomic E-state index is -4.16. The highest BCUT2D eigenvalue weighted by atomic mass is 32.2. The zero-order valence-corrected chi connectivity index (χ0v) is 10.9. The topological polar surface area (TPSA) is 110 Å². The molecule has 0 amide bonds. The lowest BCUT2D eigenvalue weighted by Gasteiger charge is -2.09. The zero-order valence-electron chi connectivity index (χ0n) is 10.1. The summed E-state index contributed by atoms with van der Waals surface area (Å²) in [7, 11) is -4.16. The largest absolute Gasteiger partial charge is 0.506 e. The Morgan fingerprint density at radius 3 is 2.30 bits per heavy atom. The van der Waals surface area contributed by atoms with E-state index in [9.17, 15) is 23.6 Å². The molecule has 0 fully saturated rings. The highest BCUT2D eigenvalue weighted by Crippen LogP contribution is 2.28. The first-order valence-electron chi connectivity index (χ1n) is 5.46. The molecule has 0 aromatic heterocycles. The van der Waals surface area contributed by atoms with Crippen LogP contribution < -0.4 is 4.72 Å². The van der Waals surface area contributed by atoms with Crippen molar-refractivity contribution in [2.45, 2.75) is 4.90 Å². The van der Waals surface area contributed by atoms with Crippen LogP contribution in [-0.2, 0) is 10.0 Å². The van der Waals surface area contributed by atoms with Crippen LogP contribution >= 0.6 is 0 Å². The van der Waals surface area contributed by atoms with E-state index in [1.165, 1.54) is 36.4 Å². The lowest BCUT2D eigenvalue weighted by Crippen LogP contribution is -2.14. The van der Waals surface area contributed by atoms with Gasteiger partial charge < -0.3 is 5.11 Å². The third kappa shape index (κ3) is 2.69. The Labute approximate surface area is 114 Å². The van der Waals surface area contributed by atoms with Gasteiger partial charge in [-0.15, -0.1) is 0 Å². The highest BCUT2D eigenvalue weighted by Gasteiger charge is 2.25. The maximum Gasteiger partial charge on any atom is 0.289 e. The number of nitrogens with zero attached hydrogens (tertiary/aromatic N) is 1. The fourth-order valence-electron chi connectivity index (χ4n) is 1.59. The Kier molecular flexibility index (Phi) is 3.57. The zero-order chi connectivity index (χ0) is 14.8. The number of anilines is 1. The van der Waals surface area contributed by atoms with Crippen molar-refractivity contribution in [3.63, 3.8) is 0 Å². The van der Waals surface area contributed by atoms with Crippen LogP contribution in [0.5, 0.6) is 5.75 Å². The Balaban J connectivity index is 2.47. The average molecular weight is 294 g/mol. The lowest BCUT2D eigenvalue weighted by molar-refractivity contribution is -0.387. The molecule has 8 heteroatoms. The fraction of sp³-hybridized carbons (Fsp3) is 0. The molecule has 0 aliphatic carbocycles. The molecule has 0 bridgehead atoms. The van der Waals surface area contributed by atoms with Crippen LogP contribution in [0.3, 0.4) is 0 Å². The quantitative estimate of drug-likeness (QED) is 0.510. The number of benzene rings is 2. The molecule has 20 heavy (non-hydrogen) atoms. The van der Waals surface area contributed by atoms with Gasteiger partial charge in [-0.25, -0.2) is 8.42 Å². The van der Waals surface area contributed by atoms with Crippen molar-refractivity contribution in [3.8, 4) is 5.75 Å². The molecule has 0 spiro atoms. The number of hydrogen-bond donors (Lipinski definition) is 2. The Hall–Kier alpha value is -2.61. The highest BCUT2D eigenvalue weighted by molar-refractivity contribution is 7.92. The standard InChI is InChI=1S/C12H10N2O5S/c15-11-7-3-1-5-9(11)13-20(18,19)12-8-4-2-6-10(12)14(16)17/h1-8,13,15H. The molecule has 0 aliphatic heterocycles. The summed E-state index contributed by atoms with van der Waals surface area (Å²) in [5.74, 6) is -0.269. The summed E-state index contributed by atoms with van der Waals surface area (Å²) in [5.41, 5.74) is -0.582. The van der Waals surface area contributed by atoms with Crippen LogP contribution in [0.4, 0.5) is 11.4 Å². The number of rotatable bonds is 4. The molecule has 104 valence electrons. The van der Waals surface area contributed by atoms with Gasteiger partial charge in [-0.1, -0.05) is 24.3 Å². The first-order chi connectivity index (χ1) is 9.42. The van der Waals surface area contributed by atoms with E-state index in [0.717, 1.165) is 12.1 Å². The number of nitro groups is 1. The lowest BCUT2D eigenvalue weighted by atomic mass is 10.3. The molecule has 2 aromatic rings. The van der Waals surface area contributed by atoms with Crippen molar-refractivity contribution >= 4 is 21.4 Å². The molecule has 0 unspecified atom stereocenters. The third-order valence-corrected chi connectivity index (χ3v) is 3.91. The van der Waals surface area contributed by atoms with Crippen molar-refractivity contribution in [1.82, 2.24) is 0 Å². The van der Waals surface area contributed by atoms with Gasteiger partial charge in [0.1, 0.15) is 5.75 Å². The Bertz CT molecular complexity index is 758. The first-order valence-corrected chi connectivity index (χ1v) is 6.94. The second-order valence-corrected chi connectivity index (χ2v) is 5.50. The van der Waals surface area contributed by atoms with Crippen molar-refractivity contribution in [2.24, 2.45) is 0 Å². The van der Waals surface area contributed by atoms with Gasteiger partial charge in [-0.05, 0) is 18.2 Å². The van der Waals surface area contributed by atoms with Crippen molar-refractivity contribution in [2.75, 3.05) is 4.72 Å². The van der Waals surface area contributed by atoms with Gasteiger partial charge in [0.15, 0.2) is 4.90 Å². The van der Waals surface area contributed by atoms with Crippen molar-refractivity contribution < 1.29 is 18.4 Å². The van der Waals surface area contributed by atoms with E-state index in [0.29, 0.717) is 0 Å². The van der Waals surface area contributed by atoms with Gasteiger partial charge in [0.2, 0.25) is 0 Å². The maximum absolute atomic E-state index is 12.2. The van der Waals surface area contributed by atoms with E-state index in [-0.39, 0.29) is 11.4 Å². The molecule has 0 heterocycles. The molecule has 2 N–H and O–H groups in total. The van der Waals surface area contributed by atoms with Gasteiger partial charge in [0.25, 0.3) is 15.7 Å². The van der Waals surface area contributed by atoms with Crippen LogP contribution in [0.15, 0.2) is 53.4 Å². The number of hydrogen-bond acceptors (Lipinski definition) is 5. The molecule has 2 rings (SSSR count). The van der Waals surface area contributed by atoms with Crippen molar-refractivity contribution in [3.05, 3.63) is 58.6 Å². The molecular weight excluding hydrogens is 284 g/mol. The molecule has 2 aromatic carbocycles. The summed E-state index contributed by atoms with van der Waals surface area (Å²) < 4.78 is 26.4. The van der Waals surface area contributed by atoms with Gasteiger partial charge in [0.05, 0.1) is 10.6 Å². The van der Waals surface area contributed by atoms with Gasteiger partial charge in [-0.3, -0.25) is 14.8 Å². The monoisotopic (exact) mass is 294 g/mol. The van der Waals surface area contributed by atoms with E-state index < -0.39 is 25.5 Å². The third-order valence-electron chi connectivity index (χ3n) is 2.50. The molecule has 7 nitrogen and oxygen atoms in total. The SMILES string of the molecule is O=[N+]([O-])c1ccccc1S(=O)(=O)Nc1ccccc1O. The molecule has 0 aliphatic rings. The van der Waals surface area contributed by atoms with E-state index in [2.05, 4.69) is 4.72 Å². The number of nitrogens with one attached hydrogen (secondary N) is 1. The molecule has 0 radical (unpaired) electrons. The molecule has 0 saturated heterocycles. The van der Waals surface area contributed by atoms with Crippen molar-refractivity contribution in [1.29, 1.82) is 0 Å². The van der Waals surface area contributed by atoms with E-state index >= 15 is 0 Å². The van der Waals surface area contributed by atoms with Gasteiger partial charge in [-0.2, -0.15) is 0 Å². The predicted octanol–water partition coefficient (Wildman–Crippen LogP) is 2.10. The number of sulfonamides is 1. The van der Waals surface area contributed by atoms with E-state index in [1.807, 2.05) is 0 Å². The van der Waals surface area contributed by atoms with Crippen LogP contribution in [0.25, 0.3) is 0 Å². The smallest absolute Gasteiger partial charge is 0.289 e. The summed E-state index contributed by atoms with van der Waals surface area (Å²) in [4.78, 5) is 9.61. The predicted molar refractivity (Wildman–Crippen MR) is 72.0 cm³/mol. The minimum Gasteiger partial charge on any atom is -0.506 e. The second-order valence-electron chi connectivity index (χ2n) is 3.85. The summed E-state index contributed by atoms with van der Waals surface area (Å²) >= 11 is 0. The van der Waals surface area contributed by atoms with E-state index in [4.69, 9.17) is 0 Å². The number of phenolic OH excluding ortho intramolecular Hbond substituents is 1. The molecular formula is C12H10N2O5S.